The molecule has 1 aromatic rings. The number of rotatable bonds is 7. The number of benzene rings is 1. The van der Waals surface area contributed by atoms with Crippen LogP contribution in [0.2, 0.25) is 0 Å². The summed E-state index contributed by atoms with van der Waals surface area (Å²) < 4.78 is 12.8. The first-order valence-electron chi connectivity index (χ1n) is 6.07. The summed E-state index contributed by atoms with van der Waals surface area (Å²) in [4.78, 5) is 0. The van der Waals surface area contributed by atoms with Gasteiger partial charge in [-0.2, -0.15) is 0 Å². The Balaban J connectivity index is 2.10. The van der Waals surface area contributed by atoms with Crippen LogP contribution in [0.3, 0.4) is 0 Å². The maximum absolute atomic E-state index is 12.8. The summed E-state index contributed by atoms with van der Waals surface area (Å²) in [7, 11) is 0. The molecule has 0 bridgehead atoms. The lowest BCUT2D eigenvalue weighted by Gasteiger charge is -2.01. The molecule has 0 heterocycles. The molecule has 0 aliphatic rings. The molecule has 0 spiro atoms. The second-order valence-electron chi connectivity index (χ2n) is 4.15. The van der Waals surface area contributed by atoms with Crippen molar-refractivity contribution in [2.45, 2.75) is 51.9 Å². The normalized spacial score (nSPS) is 10.5. The minimum atomic E-state index is -0.113. The Labute approximate surface area is 92.5 Å². The number of unbranched alkanes of at least 4 members (excludes halogenated alkanes) is 5. The molecule has 0 atom stereocenters. The van der Waals surface area contributed by atoms with Crippen molar-refractivity contribution in [1.82, 2.24) is 0 Å². The van der Waals surface area contributed by atoms with Crippen molar-refractivity contribution in [3.63, 3.8) is 0 Å². The Bertz CT molecular complexity index is 268. The summed E-state index contributed by atoms with van der Waals surface area (Å²) in [5.74, 6) is -0.113. The highest BCUT2D eigenvalue weighted by Gasteiger charge is 1.95. The molecule has 84 valence electrons. The van der Waals surface area contributed by atoms with Crippen molar-refractivity contribution in [3.8, 4) is 0 Å². The summed E-state index contributed by atoms with van der Waals surface area (Å²) in [6.07, 6.45) is 8.79. The number of aryl methyl sites for hydroxylation is 1. The van der Waals surface area contributed by atoms with E-state index in [9.17, 15) is 4.39 Å². The lowest BCUT2D eigenvalue weighted by atomic mass is 10.1. The standard InChI is InChI=1S/C14H21F/c1-2-3-4-5-6-7-9-13-10-8-11-14(15)12-13/h8,10-12H,2-7,9H2,1H3. The molecule has 0 aliphatic carbocycles. The van der Waals surface area contributed by atoms with Crippen LogP contribution in [0.1, 0.15) is 51.0 Å². The zero-order chi connectivity index (χ0) is 10.9. The summed E-state index contributed by atoms with van der Waals surface area (Å²) in [6, 6.07) is 6.95. The molecule has 0 saturated heterocycles. The van der Waals surface area contributed by atoms with Crippen LogP contribution in [0, 0.1) is 5.82 Å². The molecule has 1 rings (SSSR count). The van der Waals surface area contributed by atoms with Gasteiger partial charge in [-0.05, 0) is 30.5 Å². The van der Waals surface area contributed by atoms with Crippen LogP contribution < -0.4 is 0 Å². The second kappa shape index (κ2) is 7.44. The molecule has 0 nitrogen and oxygen atoms in total. The third kappa shape index (κ3) is 5.56. The lowest BCUT2D eigenvalue weighted by molar-refractivity contribution is 0.602. The third-order valence-electron chi connectivity index (χ3n) is 2.71. The Morgan fingerprint density at radius 2 is 1.73 bits per heavy atom. The Hall–Kier alpha value is -0.850. The van der Waals surface area contributed by atoms with E-state index in [1.54, 1.807) is 12.1 Å². The zero-order valence-corrected chi connectivity index (χ0v) is 9.64. The van der Waals surface area contributed by atoms with Gasteiger partial charge in [-0.15, -0.1) is 0 Å². The molecule has 0 saturated carbocycles. The van der Waals surface area contributed by atoms with Gasteiger partial charge in [0.15, 0.2) is 0 Å². The molecule has 0 radical (unpaired) electrons. The number of halogens is 1. The molecule has 1 heteroatoms. The van der Waals surface area contributed by atoms with Crippen LogP contribution in [0.4, 0.5) is 4.39 Å². The van der Waals surface area contributed by atoms with Crippen LogP contribution in [0.25, 0.3) is 0 Å². The SMILES string of the molecule is CCCCCCCCc1cccc(F)c1. The highest BCUT2D eigenvalue weighted by Crippen LogP contribution is 2.10. The molecule has 0 amide bonds. The monoisotopic (exact) mass is 208 g/mol. The predicted octanol–water partition coefficient (Wildman–Crippen LogP) is 4.73. The van der Waals surface area contributed by atoms with Gasteiger partial charge < -0.3 is 0 Å². The third-order valence-corrected chi connectivity index (χ3v) is 2.71. The molecular weight excluding hydrogens is 187 g/mol. The van der Waals surface area contributed by atoms with Crippen molar-refractivity contribution < 1.29 is 4.39 Å². The van der Waals surface area contributed by atoms with E-state index in [1.807, 2.05) is 6.07 Å². The first kappa shape index (κ1) is 12.2. The highest BCUT2D eigenvalue weighted by atomic mass is 19.1. The van der Waals surface area contributed by atoms with Gasteiger partial charge in [-0.25, -0.2) is 4.39 Å². The van der Waals surface area contributed by atoms with E-state index in [0.717, 1.165) is 12.0 Å². The van der Waals surface area contributed by atoms with Gasteiger partial charge in [0.05, 0.1) is 0 Å². The Morgan fingerprint density at radius 3 is 2.47 bits per heavy atom. The number of hydrogen-bond donors (Lipinski definition) is 0. The minimum absolute atomic E-state index is 0.113. The second-order valence-corrected chi connectivity index (χ2v) is 4.15. The minimum Gasteiger partial charge on any atom is -0.207 e. The van der Waals surface area contributed by atoms with Gasteiger partial charge in [-0.3, -0.25) is 0 Å². The lowest BCUT2D eigenvalue weighted by Crippen LogP contribution is -1.87. The summed E-state index contributed by atoms with van der Waals surface area (Å²) >= 11 is 0. The van der Waals surface area contributed by atoms with E-state index < -0.39 is 0 Å². The first-order valence-corrected chi connectivity index (χ1v) is 6.07. The van der Waals surface area contributed by atoms with Gasteiger partial charge in [0, 0.05) is 0 Å². The summed E-state index contributed by atoms with van der Waals surface area (Å²) in [5, 5.41) is 0. The molecule has 0 N–H and O–H groups in total. The van der Waals surface area contributed by atoms with Crippen molar-refractivity contribution in [2.24, 2.45) is 0 Å². The van der Waals surface area contributed by atoms with Gasteiger partial charge >= 0.3 is 0 Å². The van der Waals surface area contributed by atoms with Crippen molar-refractivity contribution in [3.05, 3.63) is 35.6 Å². The van der Waals surface area contributed by atoms with Crippen LogP contribution >= 0.6 is 0 Å². The van der Waals surface area contributed by atoms with E-state index in [-0.39, 0.29) is 5.82 Å². The molecule has 0 aromatic heterocycles. The van der Waals surface area contributed by atoms with E-state index in [0.29, 0.717) is 0 Å². The largest absolute Gasteiger partial charge is 0.207 e. The average Bonchev–Trinajstić information content (AvgIpc) is 2.23. The van der Waals surface area contributed by atoms with Crippen molar-refractivity contribution in [1.29, 1.82) is 0 Å². The molecule has 0 fully saturated rings. The fraction of sp³-hybridized carbons (Fsp3) is 0.571. The van der Waals surface area contributed by atoms with Crippen LogP contribution in [-0.2, 0) is 6.42 Å². The molecule has 0 aliphatic heterocycles. The van der Waals surface area contributed by atoms with Crippen molar-refractivity contribution in [2.75, 3.05) is 0 Å². The Morgan fingerprint density at radius 1 is 1.00 bits per heavy atom. The fourth-order valence-corrected chi connectivity index (χ4v) is 1.80. The fourth-order valence-electron chi connectivity index (χ4n) is 1.80. The predicted molar refractivity (Wildman–Crippen MR) is 63.5 cm³/mol. The summed E-state index contributed by atoms with van der Waals surface area (Å²) in [5.41, 5.74) is 1.13. The van der Waals surface area contributed by atoms with E-state index in [1.165, 1.54) is 44.6 Å². The van der Waals surface area contributed by atoms with Crippen molar-refractivity contribution >= 4 is 0 Å². The molecule has 0 unspecified atom stereocenters. The van der Waals surface area contributed by atoms with Crippen LogP contribution in [0.5, 0.6) is 0 Å². The molecule has 1 aromatic carbocycles. The quantitative estimate of drug-likeness (QED) is 0.568. The van der Waals surface area contributed by atoms with Gasteiger partial charge in [0.1, 0.15) is 5.82 Å². The van der Waals surface area contributed by atoms with E-state index in [2.05, 4.69) is 6.92 Å². The average molecular weight is 208 g/mol. The van der Waals surface area contributed by atoms with Crippen LogP contribution in [-0.4, -0.2) is 0 Å². The zero-order valence-electron chi connectivity index (χ0n) is 9.64. The highest BCUT2D eigenvalue weighted by molar-refractivity contribution is 5.16. The van der Waals surface area contributed by atoms with E-state index >= 15 is 0 Å². The topological polar surface area (TPSA) is 0 Å². The Kier molecular flexibility index (Phi) is 6.06. The van der Waals surface area contributed by atoms with Gasteiger partial charge in [-0.1, -0.05) is 51.2 Å². The molecular formula is C14H21F. The van der Waals surface area contributed by atoms with Crippen LogP contribution in [0.15, 0.2) is 24.3 Å². The van der Waals surface area contributed by atoms with Gasteiger partial charge in [0.25, 0.3) is 0 Å². The first-order chi connectivity index (χ1) is 7.33. The number of hydrogen-bond acceptors (Lipinski definition) is 0. The van der Waals surface area contributed by atoms with Gasteiger partial charge in [0.2, 0.25) is 0 Å². The van der Waals surface area contributed by atoms with E-state index in [4.69, 9.17) is 0 Å². The molecule has 15 heavy (non-hydrogen) atoms. The maximum Gasteiger partial charge on any atom is 0.123 e. The summed E-state index contributed by atoms with van der Waals surface area (Å²) in [6.45, 7) is 2.23. The maximum atomic E-state index is 12.8. The smallest absolute Gasteiger partial charge is 0.123 e.